The summed E-state index contributed by atoms with van der Waals surface area (Å²) in [5, 5.41) is 26.0. The highest BCUT2D eigenvalue weighted by Crippen LogP contribution is 2.07. The molecule has 0 aromatic carbocycles. The van der Waals surface area contributed by atoms with Gasteiger partial charge in [-0.1, -0.05) is 0 Å². The lowest BCUT2D eigenvalue weighted by atomic mass is 10.0. The molecule has 0 radical (unpaired) electrons. The van der Waals surface area contributed by atoms with E-state index in [4.69, 9.17) is 10.4 Å². The van der Waals surface area contributed by atoms with Crippen molar-refractivity contribution in [3.8, 4) is 6.07 Å². The zero-order valence-electron chi connectivity index (χ0n) is 8.10. The average Bonchev–Trinajstić information content (AvgIpc) is 1.99. The van der Waals surface area contributed by atoms with E-state index in [1.54, 1.807) is 0 Å². The Kier molecular flexibility index (Phi) is 4.67. The molecule has 3 N–H and O–H groups in total. The molecule has 7 nitrogen and oxygen atoms in total. The fourth-order valence-corrected chi connectivity index (χ4v) is 1.59. The van der Waals surface area contributed by atoms with Crippen LogP contribution in [-0.2, 0) is 14.8 Å². The number of nitrogens with zero attached hydrogens (tertiary/aromatic N) is 1. The zero-order chi connectivity index (χ0) is 12.1. The highest BCUT2D eigenvalue weighted by atomic mass is 32.2. The normalized spacial score (nSPS) is 15.3. The Labute approximate surface area is 87.4 Å². The number of hydrogen-bond acceptors (Lipinski definition) is 5. The second kappa shape index (κ2) is 5.06. The molecule has 0 heterocycles. The minimum absolute atomic E-state index is 0.441. The molecule has 0 aliphatic rings. The molecule has 0 amide bonds. The summed E-state index contributed by atoms with van der Waals surface area (Å²) < 4.78 is 23.9. The molecule has 0 saturated carbocycles. The molecule has 0 aromatic rings. The minimum atomic E-state index is -3.76. The van der Waals surface area contributed by atoms with Crippen molar-refractivity contribution in [3.05, 3.63) is 0 Å². The Morgan fingerprint density at radius 3 is 2.53 bits per heavy atom. The second-order valence-corrected chi connectivity index (χ2v) is 5.11. The quantitative estimate of drug-likeness (QED) is 0.523. The van der Waals surface area contributed by atoms with Crippen LogP contribution in [0.3, 0.4) is 0 Å². The summed E-state index contributed by atoms with van der Waals surface area (Å²) in [5.74, 6) is -1.96. The van der Waals surface area contributed by atoms with Crippen LogP contribution in [0.4, 0.5) is 0 Å². The standard InChI is InChI=1S/C7H12N2O5S/c1-7(12,4-6(10)11)5-9-15(13,14)3-2-8/h9,12H,3-5H2,1H3,(H,10,11). The van der Waals surface area contributed by atoms with Gasteiger partial charge in [-0.25, -0.2) is 13.1 Å². The van der Waals surface area contributed by atoms with Crippen LogP contribution >= 0.6 is 0 Å². The van der Waals surface area contributed by atoms with Crippen molar-refractivity contribution >= 4 is 16.0 Å². The van der Waals surface area contributed by atoms with Crippen LogP contribution in [0.15, 0.2) is 0 Å². The third-order valence-corrected chi connectivity index (χ3v) is 2.55. The molecule has 1 unspecified atom stereocenters. The molecule has 1 atom stereocenters. The maximum Gasteiger partial charge on any atom is 0.306 e. The van der Waals surface area contributed by atoms with Crippen molar-refractivity contribution < 1.29 is 23.4 Å². The number of nitrogens with one attached hydrogen (secondary N) is 1. The summed E-state index contributed by atoms with van der Waals surface area (Å²) >= 11 is 0. The lowest BCUT2D eigenvalue weighted by Crippen LogP contribution is -2.42. The van der Waals surface area contributed by atoms with Gasteiger partial charge in [0, 0.05) is 6.54 Å². The highest BCUT2D eigenvalue weighted by Gasteiger charge is 2.26. The van der Waals surface area contributed by atoms with Crippen molar-refractivity contribution in [2.24, 2.45) is 0 Å². The number of sulfonamides is 1. The summed E-state index contributed by atoms with van der Waals surface area (Å²) in [6.45, 7) is 0.749. The summed E-state index contributed by atoms with van der Waals surface area (Å²) in [6.07, 6.45) is -0.581. The molecule has 0 aromatic heterocycles. The van der Waals surface area contributed by atoms with Gasteiger partial charge in [0.25, 0.3) is 0 Å². The topological polar surface area (TPSA) is 127 Å². The smallest absolute Gasteiger partial charge is 0.306 e. The SMILES string of the molecule is CC(O)(CNS(=O)(=O)CC#N)CC(=O)O. The number of carboxylic acids is 1. The maximum atomic E-state index is 11.0. The van der Waals surface area contributed by atoms with E-state index >= 15 is 0 Å². The van der Waals surface area contributed by atoms with E-state index in [2.05, 4.69) is 0 Å². The molecule has 0 bridgehead atoms. The van der Waals surface area contributed by atoms with Gasteiger partial charge in [0.05, 0.1) is 18.1 Å². The van der Waals surface area contributed by atoms with Crippen LogP contribution in [0.2, 0.25) is 0 Å². The van der Waals surface area contributed by atoms with Crippen LogP contribution in [0.1, 0.15) is 13.3 Å². The average molecular weight is 236 g/mol. The number of hydrogen-bond donors (Lipinski definition) is 3. The van der Waals surface area contributed by atoms with Crippen molar-refractivity contribution in [1.82, 2.24) is 4.72 Å². The maximum absolute atomic E-state index is 11.0. The van der Waals surface area contributed by atoms with E-state index in [-0.39, 0.29) is 0 Å². The first-order chi connectivity index (χ1) is 6.68. The minimum Gasteiger partial charge on any atom is -0.481 e. The summed E-state index contributed by atoms with van der Waals surface area (Å²) in [5.41, 5.74) is -1.67. The van der Waals surface area contributed by atoms with Crippen LogP contribution in [0.5, 0.6) is 0 Å². The van der Waals surface area contributed by atoms with Crippen LogP contribution in [-0.4, -0.2) is 42.5 Å². The largest absolute Gasteiger partial charge is 0.481 e. The molecule has 0 spiro atoms. The summed E-state index contributed by atoms with van der Waals surface area (Å²) in [6, 6.07) is 1.44. The van der Waals surface area contributed by atoms with Crippen molar-refractivity contribution in [3.63, 3.8) is 0 Å². The molecule has 0 saturated heterocycles. The Bertz CT molecular complexity index is 367. The molecule has 15 heavy (non-hydrogen) atoms. The monoisotopic (exact) mass is 236 g/mol. The predicted octanol–water partition coefficient (Wildman–Crippen LogP) is -1.34. The molecule has 0 aliphatic carbocycles. The van der Waals surface area contributed by atoms with Gasteiger partial charge in [-0.05, 0) is 6.92 Å². The van der Waals surface area contributed by atoms with Gasteiger partial charge in [0.1, 0.15) is 0 Å². The first kappa shape index (κ1) is 13.8. The first-order valence-electron chi connectivity index (χ1n) is 3.97. The Balaban J connectivity index is 4.27. The Morgan fingerprint density at radius 1 is 1.60 bits per heavy atom. The highest BCUT2D eigenvalue weighted by molar-refractivity contribution is 7.89. The van der Waals surface area contributed by atoms with E-state index in [0.717, 1.165) is 0 Å². The molecule has 86 valence electrons. The predicted molar refractivity (Wildman–Crippen MR) is 50.3 cm³/mol. The van der Waals surface area contributed by atoms with Crippen molar-refractivity contribution in [1.29, 1.82) is 5.26 Å². The first-order valence-corrected chi connectivity index (χ1v) is 5.62. The fraction of sp³-hybridized carbons (Fsp3) is 0.714. The Hall–Kier alpha value is -1.17. The zero-order valence-corrected chi connectivity index (χ0v) is 8.91. The molecule has 0 fully saturated rings. The number of aliphatic carboxylic acids is 1. The number of aliphatic hydroxyl groups is 1. The number of rotatable bonds is 6. The number of carbonyl (C=O) groups is 1. The molecule has 0 rings (SSSR count). The van der Waals surface area contributed by atoms with Crippen LogP contribution in [0.25, 0.3) is 0 Å². The van der Waals surface area contributed by atoms with Crippen LogP contribution < -0.4 is 4.72 Å². The lowest BCUT2D eigenvalue weighted by Gasteiger charge is -2.20. The molecular formula is C7H12N2O5S. The fourth-order valence-electron chi connectivity index (χ4n) is 0.790. The van der Waals surface area contributed by atoms with Crippen molar-refractivity contribution in [2.45, 2.75) is 18.9 Å². The van der Waals surface area contributed by atoms with Gasteiger partial charge in [-0.15, -0.1) is 0 Å². The number of nitriles is 1. The van der Waals surface area contributed by atoms with Gasteiger partial charge in [-0.2, -0.15) is 5.26 Å². The molecular weight excluding hydrogens is 224 g/mol. The second-order valence-electron chi connectivity index (χ2n) is 3.31. The van der Waals surface area contributed by atoms with Crippen LogP contribution in [0, 0.1) is 11.3 Å². The summed E-state index contributed by atoms with van der Waals surface area (Å²) in [7, 11) is -3.76. The Morgan fingerprint density at radius 2 is 2.13 bits per heavy atom. The van der Waals surface area contributed by atoms with E-state index in [9.17, 15) is 18.3 Å². The molecule has 8 heteroatoms. The van der Waals surface area contributed by atoms with Gasteiger partial charge in [0.15, 0.2) is 5.75 Å². The third-order valence-electron chi connectivity index (χ3n) is 1.46. The number of carboxylic acid groups (broad SMARTS) is 1. The molecule has 0 aliphatic heterocycles. The van der Waals surface area contributed by atoms with E-state index in [1.165, 1.54) is 13.0 Å². The van der Waals surface area contributed by atoms with E-state index in [1.807, 2.05) is 4.72 Å². The summed E-state index contributed by atoms with van der Waals surface area (Å²) in [4.78, 5) is 10.3. The lowest BCUT2D eigenvalue weighted by molar-refractivity contribution is -0.141. The van der Waals surface area contributed by atoms with Crippen molar-refractivity contribution in [2.75, 3.05) is 12.3 Å². The third kappa shape index (κ3) is 6.84. The van der Waals surface area contributed by atoms with E-state index < -0.39 is 40.3 Å². The van der Waals surface area contributed by atoms with Gasteiger partial charge >= 0.3 is 5.97 Å². The van der Waals surface area contributed by atoms with Gasteiger partial charge < -0.3 is 10.2 Å². The van der Waals surface area contributed by atoms with E-state index in [0.29, 0.717) is 0 Å². The van der Waals surface area contributed by atoms with Gasteiger partial charge in [-0.3, -0.25) is 4.79 Å². The van der Waals surface area contributed by atoms with Gasteiger partial charge in [0.2, 0.25) is 10.0 Å².